The van der Waals surface area contributed by atoms with Gasteiger partial charge in [0.25, 0.3) is 0 Å². The highest BCUT2D eigenvalue weighted by Crippen LogP contribution is 2.71. The predicted octanol–water partition coefficient (Wildman–Crippen LogP) is 9.12. The minimum atomic E-state index is 0.0656. The van der Waals surface area contributed by atoms with Crippen molar-refractivity contribution in [1.29, 1.82) is 0 Å². The molecule has 0 N–H and O–H groups in total. The molecule has 5 aliphatic carbocycles. The Hall–Kier alpha value is -2.77. The third kappa shape index (κ3) is 2.03. The largest absolute Gasteiger partial charge is 0.456 e. The van der Waals surface area contributed by atoms with Crippen LogP contribution in [0.3, 0.4) is 0 Å². The molecule has 4 bridgehead atoms. The molecule has 1 aromatic heterocycles. The summed E-state index contributed by atoms with van der Waals surface area (Å²) in [4.78, 5) is 0. The normalized spacial score (nSPS) is 30.6. The summed E-state index contributed by atoms with van der Waals surface area (Å²) in [5, 5.41) is 5.99. The van der Waals surface area contributed by atoms with Crippen LogP contribution in [0.15, 0.2) is 71.1 Å². The molecule has 5 aliphatic rings. The molecule has 1 heterocycles. The van der Waals surface area contributed by atoms with Gasteiger partial charge >= 0.3 is 0 Å². The summed E-state index contributed by atoms with van der Waals surface area (Å²) in [7, 11) is 0. The maximum Gasteiger partial charge on any atom is 0.140 e. The number of fused-ring (bicyclic) bond motifs is 9. The van der Waals surface area contributed by atoms with Gasteiger partial charge in [-0.2, -0.15) is 0 Å². The van der Waals surface area contributed by atoms with Gasteiger partial charge < -0.3 is 4.42 Å². The molecular weight excluding hydrogens is 436 g/mol. The van der Waals surface area contributed by atoms with E-state index in [9.17, 15) is 0 Å². The Labute approximate surface area is 203 Å². The van der Waals surface area contributed by atoms with Crippen molar-refractivity contribution in [2.24, 2.45) is 23.7 Å². The molecule has 4 saturated carbocycles. The van der Waals surface area contributed by atoms with Gasteiger partial charge in [0.1, 0.15) is 11.2 Å². The summed E-state index contributed by atoms with van der Waals surface area (Å²) in [6.07, 6.45) is 6.95. The minimum Gasteiger partial charge on any atom is -0.456 e. The highest BCUT2D eigenvalue weighted by molar-refractivity contribution is 6.31. The first-order chi connectivity index (χ1) is 16.7. The van der Waals surface area contributed by atoms with E-state index in [1.807, 2.05) is 12.1 Å². The first kappa shape index (κ1) is 18.5. The van der Waals surface area contributed by atoms with Crippen LogP contribution in [0, 0.1) is 23.7 Å². The predicted molar refractivity (Wildman–Crippen MR) is 139 cm³/mol. The molecule has 0 aliphatic heterocycles. The SMILES string of the molecule is Clc1ccc2c(c1)oc1c3c(ccc12)-c1ccc2ccccc2c1C31C2CC3CC(C2)CC1C3. The molecule has 1 spiro atoms. The standard InChI is InChI=1S/C32H25ClO/c33-22-6-8-24-27-10-9-26-25-7-5-19-3-1-2-4-23(19)29(25)32(30(26)31(27)34-28(24)16-22)20-12-17-11-18(14-20)15-21(32)13-17/h1-10,16-18,20-21H,11-15H2. The second-order valence-electron chi connectivity index (χ2n) is 11.5. The fourth-order valence-electron chi connectivity index (χ4n) is 9.26. The van der Waals surface area contributed by atoms with Crippen molar-refractivity contribution < 1.29 is 4.42 Å². The fourth-order valence-corrected chi connectivity index (χ4v) is 9.42. The fraction of sp³-hybridized carbons (Fsp3) is 0.312. The lowest BCUT2D eigenvalue weighted by atomic mass is 9.43. The smallest absolute Gasteiger partial charge is 0.140 e. The van der Waals surface area contributed by atoms with Crippen molar-refractivity contribution in [2.75, 3.05) is 0 Å². The average Bonchev–Trinajstić information content (AvgIpc) is 3.35. The van der Waals surface area contributed by atoms with Crippen LogP contribution in [0.5, 0.6) is 0 Å². The molecule has 0 radical (unpaired) electrons. The summed E-state index contributed by atoms with van der Waals surface area (Å²) in [6, 6.07) is 24.6. The van der Waals surface area contributed by atoms with E-state index >= 15 is 0 Å². The number of halogens is 1. The first-order valence-corrected chi connectivity index (χ1v) is 13.3. The van der Waals surface area contributed by atoms with Gasteiger partial charge in [0.05, 0.1) is 0 Å². The Balaban J connectivity index is 1.48. The molecule has 10 rings (SSSR count). The maximum absolute atomic E-state index is 6.77. The van der Waals surface area contributed by atoms with Gasteiger partial charge in [-0.25, -0.2) is 0 Å². The van der Waals surface area contributed by atoms with Crippen molar-refractivity contribution in [3.8, 4) is 11.1 Å². The van der Waals surface area contributed by atoms with Crippen LogP contribution < -0.4 is 0 Å². The van der Waals surface area contributed by atoms with Crippen LogP contribution in [-0.2, 0) is 5.41 Å². The van der Waals surface area contributed by atoms with E-state index in [1.54, 1.807) is 5.56 Å². The van der Waals surface area contributed by atoms with E-state index in [2.05, 4.69) is 54.6 Å². The first-order valence-electron chi connectivity index (χ1n) is 12.9. The number of benzene rings is 4. The third-order valence-electron chi connectivity index (χ3n) is 10.1. The molecule has 4 aromatic carbocycles. The highest BCUT2D eigenvalue weighted by atomic mass is 35.5. The summed E-state index contributed by atoms with van der Waals surface area (Å²) in [5.41, 5.74) is 8.05. The van der Waals surface area contributed by atoms with Gasteiger partial charge in [0.15, 0.2) is 0 Å². The van der Waals surface area contributed by atoms with Gasteiger partial charge in [-0.05, 0) is 101 Å². The third-order valence-corrected chi connectivity index (χ3v) is 10.3. The van der Waals surface area contributed by atoms with Gasteiger partial charge in [-0.15, -0.1) is 0 Å². The average molecular weight is 461 g/mol. The molecule has 1 nitrogen and oxygen atoms in total. The Bertz CT molecular complexity index is 1660. The van der Waals surface area contributed by atoms with Crippen LogP contribution in [0.25, 0.3) is 43.8 Å². The van der Waals surface area contributed by atoms with Gasteiger partial charge in [0, 0.05) is 32.8 Å². The van der Waals surface area contributed by atoms with Crippen molar-refractivity contribution in [2.45, 2.75) is 37.5 Å². The quantitative estimate of drug-likeness (QED) is 0.224. The molecule has 4 fully saturated rings. The Kier molecular flexibility index (Phi) is 3.31. The number of hydrogen-bond donors (Lipinski definition) is 0. The Morgan fingerprint density at radius 3 is 2.21 bits per heavy atom. The van der Waals surface area contributed by atoms with Crippen LogP contribution in [0.1, 0.15) is 43.2 Å². The van der Waals surface area contributed by atoms with Crippen molar-refractivity contribution in [3.05, 3.63) is 82.9 Å². The van der Waals surface area contributed by atoms with Crippen molar-refractivity contribution in [1.82, 2.24) is 0 Å². The summed E-state index contributed by atoms with van der Waals surface area (Å²) < 4.78 is 6.77. The minimum absolute atomic E-state index is 0.0656. The van der Waals surface area contributed by atoms with Crippen molar-refractivity contribution >= 4 is 44.3 Å². The zero-order chi connectivity index (χ0) is 22.2. The van der Waals surface area contributed by atoms with Gasteiger partial charge in [-0.1, -0.05) is 54.1 Å². The second-order valence-corrected chi connectivity index (χ2v) is 11.9. The summed E-state index contributed by atoms with van der Waals surface area (Å²) in [5.74, 6) is 3.25. The van der Waals surface area contributed by atoms with E-state index in [4.69, 9.17) is 16.0 Å². The maximum atomic E-state index is 6.77. The molecule has 0 amide bonds. The van der Waals surface area contributed by atoms with E-state index in [-0.39, 0.29) is 5.41 Å². The van der Waals surface area contributed by atoms with Crippen LogP contribution in [-0.4, -0.2) is 0 Å². The summed E-state index contributed by atoms with van der Waals surface area (Å²) >= 11 is 6.38. The van der Waals surface area contributed by atoms with Crippen LogP contribution in [0.2, 0.25) is 5.02 Å². The lowest BCUT2D eigenvalue weighted by molar-refractivity contribution is -0.0391. The topological polar surface area (TPSA) is 13.1 Å². The molecule has 5 aromatic rings. The van der Waals surface area contributed by atoms with Gasteiger partial charge in [-0.3, -0.25) is 0 Å². The number of rotatable bonds is 0. The lowest BCUT2D eigenvalue weighted by Crippen LogP contribution is -2.55. The van der Waals surface area contributed by atoms with E-state index in [0.29, 0.717) is 11.8 Å². The van der Waals surface area contributed by atoms with E-state index in [0.717, 1.165) is 28.0 Å². The summed E-state index contributed by atoms with van der Waals surface area (Å²) in [6.45, 7) is 0. The lowest BCUT2D eigenvalue weighted by Gasteiger charge is -2.61. The van der Waals surface area contributed by atoms with Crippen LogP contribution >= 0.6 is 11.6 Å². The van der Waals surface area contributed by atoms with Gasteiger partial charge in [0.2, 0.25) is 0 Å². The van der Waals surface area contributed by atoms with Crippen LogP contribution in [0.4, 0.5) is 0 Å². The molecule has 0 saturated heterocycles. The van der Waals surface area contributed by atoms with E-state index < -0.39 is 0 Å². The number of furan rings is 1. The zero-order valence-electron chi connectivity index (χ0n) is 19.0. The molecule has 0 atom stereocenters. The molecule has 0 unspecified atom stereocenters. The molecular formula is C32H25ClO. The van der Waals surface area contributed by atoms with Crippen molar-refractivity contribution in [3.63, 3.8) is 0 Å². The van der Waals surface area contributed by atoms with E-state index in [1.165, 1.54) is 70.3 Å². The second kappa shape index (κ2) is 6.07. The Morgan fingerprint density at radius 1 is 0.676 bits per heavy atom. The monoisotopic (exact) mass is 460 g/mol. The Morgan fingerprint density at radius 2 is 1.38 bits per heavy atom. The molecule has 166 valence electrons. The highest BCUT2D eigenvalue weighted by Gasteiger charge is 2.63. The molecule has 2 heteroatoms. The zero-order valence-corrected chi connectivity index (χ0v) is 19.7. The molecule has 34 heavy (non-hydrogen) atoms. The number of hydrogen-bond acceptors (Lipinski definition) is 1.